The SMILES string of the molecule is CCCCO/N=[N+](\[O-])C1CCCN1. The normalized spacial score (nSPS) is 23.5. The largest absolute Gasteiger partial charge is 0.596 e. The van der Waals surface area contributed by atoms with E-state index in [4.69, 9.17) is 4.84 Å². The zero-order valence-electron chi connectivity index (χ0n) is 8.03. The van der Waals surface area contributed by atoms with Gasteiger partial charge in [0.25, 0.3) is 0 Å². The number of unbranched alkanes of at least 4 members (excludes halogenated alkanes) is 1. The van der Waals surface area contributed by atoms with Gasteiger partial charge < -0.3 is 10.0 Å². The van der Waals surface area contributed by atoms with Crippen LogP contribution < -0.4 is 5.32 Å². The first-order valence-electron chi connectivity index (χ1n) is 4.87. The predicted octanol–water partition coefficient (Wildman–Crippen LogP) is 1.39. The summed E-state index contributed by atoms with van der Waals surface area (Å²) in [4.78, 5) is 5.47. The van der Waals surface area contributed by atoms with Crippen molar-refractivity contribution in [2.75, 3.05) is 13.2 Å². The first-order chi connectivity index (χ1) is 6.34. The summed E-state index contributed by atoms with van der Waals surface area (Å²) >= 11 is 0. The Bertz CT molecular complexity index is 167. The van der Waals surface area contributed by atoms with Gasteiger partial charge in [-0.15, -0.1) is 0 Å². The van der Waals surface area contributed by atoms with E-state index in [2.05, 4.69) is 17.5 Å². The second-order valence-corrected chi connectivity index (χ2v) is 3.18. The van der Waals surface area contributed by atoms with Crippen LogP contribution >= 0.6 is 0 Å². The number of rotatable bonds is 5. The van der Waals surface area contributed by atoms with Gasteiger partial charge in [-0.1, -0.05) is 13.3 Å². The maximum Gasteiger partial charge on any atom is 0.247 e. The van der Waals surface area contributed by atoms with E-state index in [0.717, 1.165) is 32.2 Å². The summed E-state index contributed by atoms with van der Waals surface area (Å²) in [5.74, 6) is 0. The van der Waals surface area contributed by atoms with Crippen molar-refractivity contribution in [2.24, 2.45) is 5.28 Å². The van der Waals surface area contributed by atoms with Crippen molar-refractivity contribution < 1.29 is 9.70 Å². The first-order valence-corrected chi connectivity index (χ1v) is 4.87. The summed E-state index contributed by atoms with van der Waals surface area (Å²) in [6.07, 6.45) is 3.70. The molecule has 0 aliphatic carbocycles. The molecule has 5 nitrogen and oxygen atoms in total. The average molecular weight is 187 g/mol. The summed E-state index contributed by atoms with van der Waals surface area (Å²) in [5.41, 5.74) is 0. The maximum atomic E-state index is 11.2. The Morgan fingerprint density at radius 1 is 1.69 bits per heavy atom. The van der Waals surface area contributed by atoms with E-state index in [1.165, 1.54) is 0 Å². The fourth-order valence-corrected chi connectivity index (χ4v) is 1.22. The van der Waals surface area contributed by atoms with E-state index in [0.29, 0.717) is 11.5 Å². The van der Waals surface area contributed by atoms with Crippen LogP contribution in [0.2, 0.25) is 0 Å². The third-order valence-electron chi connectivity index (χ3n) is 2.03. The lowest BCUT2D eigenvalue weighted by Crippen LogP contribution is -2.30. The standard InChI is InChI=1S/C8H17N3O2/c1-2-3-7-13-10-11(12)8-5-4-6-9-8/h8-9H,2-7H2,1H3/b11-10-. The Kier molecular flexibility index (Phi) is 4.53. The van der Waals surface area contributed by atoms with Gasteiger partial charge in [-0.25, -0.2) is 0 Å². The third-order valence-corrected chi connectivity index (χ3v) is 2.03. The Morgan fingerprint density at radius 2 is 2.54 bits per heavy atom. The maximum absolute atomic E-state index is 11.2. The zero-order chi connectivity index (χ0) is 9.52. The molecule has 1 rings (SSSR count). The molecule has 1 aliphatic rings. The predicted molar refractivity (Wildman–Crippen MR) is 47.9 cm³/mol. The highest BCUT2D eigenvalue weighted by Crippen LogP contribution is 2.05. The van der Waals surface area contributed by atoms with Crippen LogP contribution in [-0.4, -0.2) is 24.2 Å². The van der Waals surface area contributed by atoms with Crippen molar-refractivity contribution in [3.05, 3.63) is 5.21 Å². The summed E-state index contributed by atoms with van der Waals surface area (Å²) in [5, 5.41) is 17.7. The number of nitrogens with zero attached hydrogens (tertiary/aromatic N) is 2. The fourth-order valence-electron chi connectivity index (χ4n) is 1.22. The highest BCUT2D eigenvalue weighted by molar-refractivity contribution is 4.62. The number of hydrogen-bond acceptors (Lipinski definition) is 4. The molecule has 0 aromatic rings. The van der Waals surface area contributed by atoms with Gasteiger partial charge in [0.15, 0.2) is 0 Å². The van der Waals surface area contributed by atoms with Crippen molar-refractivity contribution in [1.82, 2.24) is 5.32 Å². The molecule has 0 aromatic carbocycles. The average Bonchev–Trinajstić information content (AvgIpc) is 2.65. The molecule has 0 bridgehead atoms. The van der Waals surface area contributed by atoms with Gasteiger partial charge in [-0.05, 0) is 17.7 Å². The summed E-state index contributed by atoms with van der Waals surface area (Å²) in [6, 6.07) is 0. The topological polar surface area (TPSA) is 59.7 Å². The minimum Gasteiger partial charge on any atom is -0.596 e. The van der Waals surface area contributed by atoms with E-state index in [9.17, 15) is 5.21 Å². The van der Waals surface area contributed by atoms with Gasteiger partial charge in [0, 0.05) is 13.0 Å². The van der Waals surface area contributed by atoms with Crippen LogP contribution in [0.1, 0.15) is 32.6 Å². The number of hydrogen-bond donors (Lipinski definition) is 1. The van der Waals surface area contributed by atoms with Crippen molar-refractivity contribution in [2.45, 2.75) is 38.8 Å². The summed E-state index contributed by atoms with van der Waals surface area (Å²) < 4.78 is 0. The van der Waals surface area contributed by atoms with Gasteiger partial charge in [-0.3, -0.25) is 5.32 Å². The molecule has 0 spiro atoms. The molecule has 1 N–H and O–H groups in total. The number of nitrogens with one attached hydrogen (secondary N) is 1. The smallest absolute Gasteiger partial charge is 0.247 e. The van der Waals surface area contributed by atoms with E-state index < -0.39 is 0 Å². The van der Waals surface area contributed by atoms with Crippen LogP contribution in [0.3, 0.4) is 0 Å². The lowest BCUT2D eigenvalue weighted by atomic mass is 10.3. The van der Waals surface area contributed by atoms with Crippen LogP contribution in [0, 0.1) is 5.21 Å². The molecule has 0 saturated carbocycles. The molecule has 1 atom stereocenters. The molecule has 0 amide bonds. The minimum absolute atomic E-state index is 0.179. The van der Waals surface area contributed by atoms with Crippen molar-refractivity contribution in [3.8, 4) is 0 Å². The van der Waals surface area contributed by atoms with Crippen LogP contribution in [0.5, 0.6) is 0 Å². The zero-order valence-corrected chi connectivity index (χ0v) is 8.03. The molecular weight excluding hydrogens is 170 g/mol. The Labute approximate surface area is 78.3 Å². The van der Waals surface area contributed by atoms with Gasteiger partial charge in [0.1, 0.15) is 6.61 Å². The highest BCUT2D eigenvalue weighted by atomic mass is 16.7. The Hall–Kier alpha value is -0.840. The molecule has 1 heterocycles. The summed E-state index contributed by atoms with van der Waals surface area (Å²) in [6.45, 7) is 3.49. The second kappa shape index (κ2) is 5.75. The Balaban J connectivity index is 2.16. The monoisotopic (exact) mass is 187 g/mol. The van der Waals surface area contributed by atoms with Gasteiger partial charge in [0.05, 0.1) is 0 Å². The Morgan fingerprint density at radius 3 is 3.15 bits per heavy atom. The van der Waals surface area contributed by atoms with Gasteiger partial charge in [0.2, 0.25) is 11.4 Å². The van der Waals surface area contributed by atoms with Crippen LogP contribution in [0.4, 0.5) is 0 Å². The van der Waals surface area contributed by atoms with E-state index in [1.807, 2.05) is 0 Å². The molecule has 1 aliphatic heterocycles. The van der Waals surface area contributed by atoms with Crippen LogP contribution in [0.15, 0.2) is 5.28 Å². The third kappa shape index (κ3) is 3.59. The molecule has 1 unspecified atom stereocenters. The second-order valence-electron chi connectivity index (χ2n) is 3.18. The van der Waals surface area contributed by atoms with Crippen molar-refractivity contribution in [3.63, 3.8) is 0 Å². The number of hydroxylamine groups is 1. The fraction of sp³-hybridized carbons (Fsp3) is 1.00. The highest BCUT2D eigenvalue weighted by Gasteiger charge is 2.22. The molecule has 13 heavy (non-hydrogen) atoms. The molecule has 5 heteroatoms. The van der Waals surface area contributed by atoms with Crippen molar-refractivity contribution >= 4 is 0 Å². The molecular formula is C8H17N3O2. The van der Waals surface area contributed by atoms with Crippen LogP contribution in [0.25, 0.3) is 0 Å². The first kappa shape index (κ1) is 10.2. The van der Waals surface area contributed by atoms with Crippen LogP contribution in [-0.2, 0) is 4.84 Å². The van der Waals surface area contributed by atoms with Gasteiger partial charge in [-0.2, -0.15) is 0 Å². The summed E-state index contributed by atoms with van der Waals surface area (Å²) in [7, 11) is 0. The van der Waals surface area contributed by atoms with E-state index in [1.54, 1.807) is 0 Å². The quantitative estimate of drug-likeness (QED) is 0.306. The van der Waals surface area contributed by atoms with E-state index >= 15 is 0 Å². The molecule has 76 valence electrons. The molecule has 1 fully saturated rings. The van der Waals surface area contributed by atoms with Crippen molar-refractivity contribution in [1.29, 1.82) is 0 Å². The lowest BCUT2D eigenvalue weighted by molar-refractivity contribution is -0.597. The van der Waals surface area contributed by atoms with Gasteiger partial charge >= 0.3 is 0 Å². The lowest BCUT2D eigenvalue weighted by Gasteiger charge is -2.06. The van der Waals surface area contributed by atoms with E-state index in [-0.39, 0.29) is 6.17 Å². The minimum atomic E-state index is -0.179. The molecule has 0 aromatic heterocycles. The molecule has 1 saturated heterocycles. The molecule has 0 radical (unpaired) electrons.